The fourth-order valence-corrected chi connectivity index (χ4v) is 2.99. The molecular weight excluding hydrogens is 330 g/mol. The lowest BCUT2D eigenvalue weighted by molar-refractivity contribution is 0.102. The molecule has 1 N–H and O–H groups in total. The Morgan fingerprint density at radius 3 is 2.88 bits per heavy atom. The maximum absolute atomic E-state index is 12.3. The van der Waals surface area contributed by atoms with Crippen LogP contribution in [0, 0.1) is 0 Å². The van der Waals surface area contributed by atoms with E-state index in [1.807, 2.05) is 17.5 Å². The highest BCUT2D eigenvalue weighted by atomic mass is 32.1. The van der Waals surface area contributed by atoms with Crippen LogP contribution in [0.2, 0.25) is 0 Å². The van der Waals surface area contributed by atoms with E-state index in [1.54, 1.807) is 29.5 Å². The van der Waals surface area contributed by atoms with Gasteiger partial charge in [0.1, 0.15) is 13.2 Å². The highest BCUT2D eigenvalue weighted by molar-refractivity contribution is 7.09. The van der Waals surface area contributed by atoms with Crippen LogP contribution in [0.25, 0.3) is 0 Å². The molecule has 0 saturated heterocycles. The Morgan fingerprint density at radius 1 is 1.17 bits per heavy atom. The van der Waals surface area contributed by atoms with Crippen LogP contribution < -0.4 is 14.8 Å². The number of ether oxygens (including phenoxy) is 2. The van der Waals surface area contributed by atoms with Gasteiger partial charge in [-0.2, -0.15) is 0 Å². The average Bonchev–Trinajstić information content (AvgIpc) is 3.27. The lowest BCUT2D eigenvalue weighted by atomic mass is 10.2. The van der Waals surface area contributed by atoms with E-state index < -0.39 is 0 Å². The minimum absolute atomic E-state index is 0.0708. The van der Waals surface area contributed by atoms with Crippen molar-refractivity contribution in [3.05, 3.63) is 52.0 Å². The van der Waals surface area contributed by atoms with Crippen LogP contribution in [0.3, 0.4) is 0 Å². The Morgan fingerprint density at radius 2 is 2.04 bits per heavy atom. The fraction of sp³-hybridized carbons (Fsp3) is 0.188. The molecule has 0 radical (unpaired) electrons. The molecule has 24 heavy (non-hydrogen) atoms. The van der Waals surface area contributed by atoms with Crippen molar-refractivity contribution in [3.63, 3.8) is 0 Å². The first-order chi connectivity index (χ1) is 11.8. The van der Waals surface area contributed by atoms with Crippen molar-refractivity contribution in [1.82, 2.24) is 10.2 Å². The largest absolute Gasteiger partial charge is 0.486 e. The van der Waals surface area contributed by atoms with Crippen molar-refractivity contribution in [1.29, 1.82) is 0 Å². The third-order valence-electron chi connectivity index (χ3n) is 3.40. The molecule has 1 aromatic carbocycles. The molecule has 8 heteroatoms. The molecule has 4 rings (SSSR count). The monoisotopic (exact) mass is 343 g/mol. The van der Waals surface area contributed by atoms with Crippen LogP contribution in [0.5, 0.6) is 11.5 Å². The predicted molar refractivity (Wildman–Crippen MR) is 86.8 cm³/mol. The summed E-state index contributed by atoms with van der Waals surface area (Å²) < 4.78 is 16.4. The molecule has 0 aliphatic carbocycles. The van der Waals surface area contributed by atoms with Crippen molar-refractivity contribution in [2.24, 2.45) is 0 Å². The second-order valence-corrected chi connectivity index (χ2v) is 6.10. The molecule has 0 unspecified atom stereocenters. The molecule has 0 spiro atoms. The SMILES string of the molecule is O=C(Nc1nnc(Cc2cccs2)o1)c1ccc2c(c1)OCCO2. The molecule has 3 heterocycles. The van der Waals surface area contributed by atoms with Crippen LogP contribution in [0.4, 0.5) is 6.01 Å². The van der Waals surface area contributed by atoms with Crippen molar-refractivity contribution < 1.29 is 18.7 Å². The molecule has 0 saturated carbocycles. The lowest BCUT2D eigenvalue weighted by Crippen LogP contribution is -2.17. The number of nitrogens with one attached hydrogen (secondary N) is 1. The second-order valence-electron chi connectivity index (χ2n) is 5.07. The molecule has 0 atom stereocenters. The quantitative estimate of drug-likeness (QED) is 0.784. The topological polar surface area (TPSA) is 86.5 Å². The minimum Gasteiger partial charge on any atom is -0.486 e. The van der Waals surface area contributed by atoms with E-state index in [0.717, 1.165) is 4.88 Å². The van der Waals surface area contributed by atoms with Gasteiger partial charge >= 0.3 is 6.01 Å². The molecular formula is C16H13N3O4S. The molecule has 7 nitrogen and oxygen atoms in total. The number of rotatable bonds is 4. The molecule has 122 valence electrons. The zero-order chi connectivity index (χ0) is 16.4. The Bertz CT molecular complexity index is 860. The summed E-state index contributed by atoms with van der Waals surface area (Å²) in [6.45, 7) is 0.974. The Labute approximate surface area is 141 Å². The molecule has 2 aromatic heterocycles. The van der Waals surface area contributed by atoms with Gasteiger partial charge in [-0.25, -0.2) is 0 Å². The van der Waals surface area contributed by atoms with Gasteiger partial charge in [-0.3, -0.25) is 10.1 Å². The van der Waals surface area contributed by atoms with E-state index in [0.29, 0.717) is 42.6 Å². The summed E-state index contributed by atoms with van der Waals surface area (Å²) in [6, 6.07) is 9.02. The Hall–Kier alpha value is -2.87. The molecule has 0 bridgehead atoms. The van der Waals surface area contributed by atoms with Gasteiger partial charge in [0.2, 0.25) is 5.89 Å². The van der Waals surface area contributed by atoms with E-state index in [2.05, 4.69) is 15.5 Å². The van der Waals surface area contributed by atoms with Crippen molar-refractivity contribution in [3.8, 4) is 11.5 Å². The Balaban J connectivity index is 1.45. The number of anilines is 1. The lowest BCUT2D eigenvalue weighted by Gasteiger charge is -2.18. The summed E-state index contributed by atoms with van der Waals surface area (Å²) in [6.07, 6.45) is 0.546. The van der Waals surface area contributed by atoms with Crippen LogP contribution >= 0.6 is 11.3 Å². The van der Waals surface area contributed by atoms with Gasteiger partial charge in [0.25, 0.3) is 5.91 Å². The predicted octanol–water partition coefficient (Wildman–Crippen LogP) is 2.75. The van der Waals surface area contributed by atoms with Gasteiger partial charge < -0.3 is 13.9 Å². The number of nitrogens with zero attached hydrogens (tertiary/aromatic N) is 2. The number of amides is 1. The third-order valence-corrected chi connectivity index (χ3v) is 4.27. The maximum Gasteiger partial charge on any atom is 0.322 e. The summed E-state index contributed by atoms with van der Waals surface area (Å²) in [5.74, 6) is 1.29. The number of carbonyl (C=O) groups is 1. The number of hydrogen-bond donors (Lipinski definition) is 1. The number of benzene rings is 1. The summed E-state index contributed by atoms with van der Waals surface area (Å²) in [5.41, 5.74) is 0.428. The van der Waals surface area contributed by atoms with Crippen LogP contribution in [-0.4, -0.2) is 29.3 Å². The summed E-state index contributed by atoms with van der Waals surface area (Å²) in [7, 11) is 0. The van der Waals surface area contributed by atoms with Gasteiger partial charge in [-0.05, 0) is 29.6 Å². The standard InChI is InChI=1S/C16H13N3O4S/c20-15(10-3-4-12-13(8-10)22-6-5-21-12)17-16-19-18-14(23-16)9-11-2-1-7-24-11/h1-4,7-8H,5-6,9H2,(H,17,19,20). The number of fused-ring (bicyclic) bond motifs is 1. The van der Waals surface area contributed by atoms with E-state index in [1.165, 1.54) is 0 Å². The zero-order valence-electron chi connectivity index (χ0n) is 12.5. The minimum atomic E-state index is -0.349. The summed E-state index contributed by atoms with van der Waals surface area (Å²) >= 11 is 1.61. The van der Waals surface area contributed by atoms with Crippen LogP contribution in [0.15, 0.2) is 40.1 Å². The van der Waals surface area contributed by atoms with E-state index >= 15 is 0 Å². The molecule has 0 fully saturated rings. The first kappa shape index (κ1) is 14.7. The maximum atomic E-state index is 12.3. The van der Waals surface area contributed by atoms with Gasteiger partial charge in [0.15, 0.2) is 11.5 Å². The van der Waals surface area contributed by atoms with Crippen LogP contribution in [0.1, 0.15) is 21.1 Å². The number of aromatic nitrogens is 2. The second kappa shape index (κ2) is 6.32. The normalized spacial score (nSPS) is 12.8. The van der Waals surface area contributed by atoms with Crippen LogP contribution in [-0.2, 0) is 6.42 Å². The first-order valence-corrected chi connectivity index (χ1v) is 8.22. The van der Waals surface area contributed by atoms with Crippen molar-refractivity contribution in [2.75, 3.05) is 18.5 Å². The van der Waals surface area contributed by atoms with Gasteiger partial charge in [0, 0.05) is 10.4 Å². The molecule has 1 amide bonds. The van der Waals surface area contributed by atoms with Crippen molar-refractivity contribution >= 4 is 23.3 Å². The fourth-order valence-electron chi connectivity index (χ4n) is 2.29. The highest BCUT2D eigenvalue weighted by Crippen LogP contribution is 2.30. The molecule has 1 aliphatic heterocycles. The average molecular weight is 343 g/mol. The van der Waals surface area contributed by atoms with Crippen molar-refractivity contribution in [2.45, 2.75) is 6.42 Å². The van der Waals surface area contributed by atoms with E-state index in [9.17, 15) is 4.79 Å². The summed E-state index contributed by atoms with van der Waals surface area (Å²) in [5, 5.41) is 12.4. The van der Waals surface area contributed by atoms with Gasteiger partial charge in [-0.1, -0.05) is 11.2 Å². The van der Waals surface area contributed by atoms with Gasteiger partial charge in [0.05, 0.1) is 6.42 Å². The van der Waals surface area contributed by atoms with Gasteiger partial charge in [-0.15, -0.1) is 16.4 Å². The molecule has 1 aliphatic rings. The smallest absolute Gasteiger partial charge is 0.322 e. The third kappa shape index (κ3) is 3.09. The molecule has 3 aromatic rings. The number of carbonyl (C=O) groups excluding carboxylic acids is 1. The summed E-state index contributed by atoms with van der Waals surface area (Å²) in [4.78, 5) is 13.4. The number of thiophene rings is 1. The number of hydrogen-bond acceptors (Lipinski definition) is 7. The van der Waals surface area contributed by atoms with E-state index in [4.69, 9.17) is 13.9 Å². The highest BCUT2D eigenvalue weighted by Gasteiger charge is 2.17. The first-order valence-electron chi connectivity index (χ1n) is 7.34. The zero-order valence-corrected chi connectivity index (χ0v) is 13.3. The van der Waals surface area contributed by atoms with E-state index in [-0.39, 0.29) is 11.9 Å². The Kier molecular flexibility index (Phi) is 3.87.